The highest BCUT2D eigenvalue weighted by Gasteiger charge is 2.17. The number of rotatable bonds is 6. The van der Waals surface area contributed by atoms with Gasteiger partial charge in [-0.3, -0.25) is 4.79 Å². The Morgan fingerprint density at radius 2 is 1.86 bits per heavy atom. The third-order valence-corrected chi connectivity index (χ3v) is 5.62. The Balaban J connectivity index is 1.37. The number of thioether (sulfide) groups is 1. The molecule has 0 unspecified atom stereocenters. The highest BCUT2D eigenvalue weighted by atomic mass is 32.2. The number of amidine groups is 1. The predicted molar refractivity (Wildman–Crippen MR) is 121 cm³/mol. The Bertz CT molecular complexity index is 1060. The molecule has 0 aliphatic carbocycles. The molecule has 5 nitrogen and oxygen atoms in total. The molecular formula is C23H23N3O2S. The lowest BCUT2D eigenvalue weighted by Crippen LogP contribution is -2.28. The Morgan fingerprint density at radius 1 is 1.10 bits per heavy atom. The van der Waals surface area contributed by atoms with Crippen LogP contribution in [-0.4, -0.2) is 35.4 Å². The third-order valence-electron chi connectivity index (χ3n) is 4.76. The second kappa shape index (κ2) is 8.57. The van der Waals surface area contributed by atoms with Gasteiger partial charge in [0.2, 0.25) is 5.91 Å². The van der Waals surface area contributed by atoms with Gasteiger partial charge in [0.05, 0.1) is 23.7 Å². The van der Waals surface area contributed by atoms with E-state index in [1.54, 1.807) is 4.90 Å². The van der Waals surface area contributed by atoms with Crippen LogP contribution in [0.25, 0.3) is 10.8 Å². The standard InChI is InChI=1S/C23H23N3O2S/c1-3-28-18-12-10-16(11-13-18)14-26(2)21(27)15-29-23-24-19-8-4-6-17-7-5-9-20(25-23)22(17)19/h4-13H,3,14-15H2,1-2H3,(H,24,25). The van der Waals surface area contributed by atoms with Gasteiger partial charge in [0.1, 0.15) is 5.75 Å². The monoisotopic (exact) mass is 405 g/mol. The van der Waals surface area contributed by atoms with Crippen molar-refractivity contribution >= 4 is 45.0 Å². The fourth-order valence-corrected chi connectivity index (χ4v) is 4.13. The molecule has 0 atom stereocenters. The summed E-state index contributed by atoms with van der Waals surface area (Å²) < 4.78 is 5.46. The molecule has 1 aliphatic heterocycles. The Morgan fingerprint density at radius 3 is 2.62 bits per heavy atom. The van der Waals surface area contributed by atoms with Crippen molar-refractivity contribution in [3.05, 3.63) is 66.2 Å². The summed E-state index contributed by atoms with van der Waals surface area (Å²) in [5.74, 6) is 1.24. The zero-order chi connectivity index (χ0) is 20.2. The molecule has 1 N–H and O–H groups in total. The van der Waals surface area contributed by atoms with Crippen molar-refractivity contribution in [2.45, 2.75) is 13.5 Å². The fourth-order valence-electron chi connectivity index (χ4n) is 3.30. The van der Waals surface area contributed by atoms with Crippen molar-refractivity contribution in [3.63, 3.8) is 0 Å². The van der Waals surface area contributed by atoms with Crippen LogP contribution >= 0.6 is 11.8 Å². The van der Waals surface area contributed by atoms with Crippen LogP contribution in [0.1, 0.15) is 12.5 Å². The lowest BCUT2D eigenvalue weighted by Gasteiger charge is -2.20. The second-order valence-electron chi connectivity index (χ2n) is 6.84. The molecule has 0 radical (unpaired) electrons. The minimum absolute atomic E-state index is 0.0606. The van der Waals surface area contributed by atoms with Crippen molar-refractivity contribution in [1.82, 2.24) is 4.90 Å². The van der Waals surface area contributed by atoms with E-state index in [1.165, 1.54) is 11.8 Å². The maximum Gasteiger partial charge on any atom is 0.233 e. The first-order chi connectivity index (χ1) is 14.1. The van der Waals surface area contributed by atoms with E-state index in [0.29, 0.717) is 18.9 Å². The largest absolute Gasteiger partial charge is 0.494 e. The number of aliphatic imine (C=N–C) groups is 1. The lowest BCUT2D eigenvalue weighted by molar-refractivity contribution is -0.127. The minimum Gasteiger partial charge on any atom is -0.494 e. The van der Waals surface area contributed by atoms with Gasteiger partial charge in [-0.2, -0.15) is 0 Å². The number of benzene rings is 3. The van der Waals surface area contributed by atoms with Crippen molar-refractivity contribution in [2.24, 2.45) is 4.99 Å². The van der Waals surface area contributed by atoms with Gasteiger partial charge in [0, 0.05) is 19.0 Å². The molecule has 0 saturated heterocycles. The zero-order valence-electron chi connectivity index (χ0n) is 16.5. The molecule has 3 aromatic carbocycles. The number of carbonyl (C=O) groups excluding carboxylic acids is 1. The normalized spacial score (nSPS) is 12.3. The molecule has 0 spiro atoms. The van der Waals surface area contributed by atoms with E-state index in [2.05, 4.69) is 22.4 Å². The van der Waals surface area contributed by atoms with Crippen LogP contribution in [0.2, 0.25) is 0 Å². The number of ether oxygens (including phenoxy) is 1. The molecule has 0 bridgehead atoms. The lowest BCUT2D eigenvalue weighted by atomic mass is 10.1. The highest BCUT2D eigenvalue weighted by Crippen LogP contribution is 2.36. The average Bonchev–Trinajstić information content (AvgIpc) is 2.74. The number of anilines is 1. The topological polar surface area (TPSA) is 53.9 Å². The summed E-state index contributed by atoms with van der Waals surface area (Å²) in [7, 11) is 1.82. The Kier molecular flexibility index (Phi) is 5.71. The van der Waals surface area contributed by atoms with Gasteiger partial charge in [-0.25, -0.2) is 4.99 Å². The van der Waals surface area contributed by atoms with Gasteiger partial charge >= 0.3 is 0 Å². The van der Waals surface area contributed by atoms with E-state index in [9.17, 15) is 4.79 Å². The van der Waals surface area contributed by atoms with Crippen molar-refractivity contribution in [2.75, 3.05) is 24.7 Å². The average molecular weight is 406 g/mol. The summed E-state index contributed by atoms with van der Waals surface area (Å²) in [5.41, 5.74) is 3.04. The van der Waals surface area contributed by atoms with E-state index < -0.39 is 0 Å². The predicted octanol–water partition coefficient (Wildman–Crippen LogP) is 5.04. The highest BCUT2D eigenvalue weighted by molar-refractivity contribution is 8.14. The van der Waals surface area contributed by atoms with Gasteiger partial charge in [-0.1, -0.05) is 48.2 Å². The number of nitrogens with one attached hydrogen (secondary N) is 1. The molecule has 0 fully saturated rings. The van der Waals surface area contributed by atoms with Gasteiger partial charge in [0.15, 0.2) is 5.17 Å². The van der Waals surface area contributed by atoms with Crippen LogP contribution in [0.15, 0.2) is 65.7 Å². The van der Waals surface area contributed by atoms with Crippen LogP contribution in [0.4, 0.5) is 11.4 Å². The molecule has 29 heavy (non-hydrogen) atoms. The molecule has 1 heterocycles. The molecule has 0 aromatic heterocycles. The minimum atomic E-state index is 0.0606. The molecule has 148 valence electrons. The first kappa shape index (κ1) is 19.3. The summed E-state index contributed by atoms with van der Waals surface area (Å²) in [6, 6.07) is 20.1. The molecule has 6 heteroatoms. The number of hydrogen-bond acceptors (Lipinski definition) is 5. The molecular weight excluding hydrogens is 382 g/mol. The number of nitrogens with zero attached hydrogens (tertiary/aromatic N) is 2. The van der Waals surface area contributed by atoms with E-state index in [0.717, 1.165) is 38.6 Å². The summed E-state index contributed by atoms with van der Waals surface area (Å²) in [6.45, 7) is 3.17. The van der Waals surface area contributed by atoms with E-state index >= 15 is 0 Å². The fraction of sp³-hybridized carbons (Fsp3) is 0.217. The number of hydrogen-bond donors (Lipinski definition) is 1. The third kappa shape index (κ3) is 4.38. The summed E-state index contributed by atoms with van der Waals surface area (Å²) in [5, 5.41) is 6.38. The van der Waals surface area contributed by atoms with Crippen molar-refractivity contribution in [3.8, 4) is 5.75 Å². The summed E-state index contributed by atoms with van der Waals surface area (Å²) >= 11 is 1.43. The number of carbonyl (C=O) groups is 1. The summed E-state index contributed by atoms with van der Waals surface area (Å²) in [6.07, 6.45) is 0. The summed E-state index contributed by atoms with van der Waals surface area (Å²) in [4.78, 5) is 19.0. The van der Waals surface area contributed by atoms with Gasteiger partial charge in [-0.05, 0) is 42.1 Å². The number of amides is 1. The zero-order valence-corrected chi connectivity index (χ0v) is 17.3. The van der Waals surface area contributed by atoms with Gasteiger partial charge in [-0.15, -0.1) is 0 Å². The molecule has 3 aromatic rings. The second-order valence-corrected chi connectivity index (χ2v) is 7.80. The maximum atomic E-state index is 12.6. The van der Waals surface area contributed by atoms with E-state index in [-0.39, 0.29) is 5.91 Å². The molecule has 4 rings (SSSR count). The van der Waals surface area contributed by atoms with Crippen LogP contribution in [0.3, 0.4) is 0 Å². The molecule has 0 saturated carbocycles. The van der Waals surface area contributed by atoms with Crippen LogP contribution in [-0.2, 0) is 11.3 Å². The molecule has 1 aliphatic rings. The quantitative estimate of drug-likeness (QED) is 0.624. The first-order valence-electron chi connectivity index (χ1n) is 9.60. The first-order valence-corrected chi connectivity index (χ1v) is 10.6. The Labute approximate surface area is 174 Å². The molecule has 1 amide bonds. The Hall–Kier alpha value is -2.99. The van der Waals surface area contributed by atoms with Crippen molar-refractivity contribution < 1.29 is 9.53 Å². The van der Waals surface area contributed by atoms with Crippen molar-refractivity contribution in [1.29, 1.82) is 0 Å². The van der Waals surface area contributed by atoms with E-state index in [1.807, 2.05) is 62.5 Å². The van der Waals surface area contributed by atoms with Crippen LogP contribution in [0.5, 0.6) is 5.75 Å². The smallest absolute Gasteiger partial charge is 0.233 e. The van der Waals surface area contributed by atoms with E-state index in [4.69, 9.17) is 4.74 Å². The SMILES string of the molecule is CCOc1ccc(CN(C)C(=O)CSC2=Nc3cccc4cccc(c34)N2)cc1. The maximum absolute atomic E-state index is 12.6. The van der Waals surface area contributed by atoms with Gasteiger partial charge < -0.3 is 15.0 Å². The van der Waals surface area contributed by atoms with Crippen LogP contribution in [0, 0.1) is 0 Å². The van der Waals surface area contributed by atoms with Gasteiger partial charge in [0.25, 0.3) is 0 Å². The van der Waals surface area contributed by atoms with Crippen LogP contribution < -0.4 is 10.1 Å².